The van der Waals surface area contributed by atoms with Gasteiger partial charge in [-0.25, -0.2) is 14.5 Å². The zero-order chi connectivity index (χ0) is 22.1. The number of nitrogens with one attached hydrogen (secondary N) is 1. The molecule has 0 radical (unpaired) electrons. The van der Waals surface area contributed by atoms with Crippen LogP contribution in [0.3, 0.4) is 0 Å². The van der Waals surface area contributed by atoms with E-state index >= 15 is 0 Å². The molecule has 3 aromatic rings. The highest BCUT2D eigenvalue weighted by atomic mass is 16.5. The first-order valence-corrected chi connectivity index (χ1v) is 11.7. The van der Waals surface area contributed by atoms with Crippen LogP contribution in [-0.4, -0.2) is 63.1 Å². The zero-order valence-electron chi connectivity index (χ0n) is 18.9. The van der Waals surface area contributed by atoms with Gasteiger partial charge in [0.25, 0.3) is 0 Å². The number of nitrogens with zero attached hydrogens (tertiary/aromatic N) is 5. The summed E-state index contributed by atoms with van der Waals surface area (Å²) in [5.41, 5.74) is 4.44. The predicted octanol–water partition coefficient (Wildman–Crippen LogP) is 3.47. The second-order valence-corrected chi connectivity index (χ2v) is 9.17. The quantitative estimate of drug-likeness (QED) is 0.633. The Labute approximate surface area is 188 Å². The van der Waals surface area contributed by atoms with Gasteiger partial charge in [-0.3, -0.25) is 0 Å². The van der Waals surface area contributed by atoms with E-state index in [0.29, 0.717) is 11.9 Å². The van der Waals surface area contributed by atoms with E-state index in [1.165, 1.54) is 5.69 Å². The molecule has 3 aromatic heterocycles. The smallest absolute Gasteiger partial charge is 0.241 e. The van der Waals surface area contributed by atoms with E-state index in [4.69, 9.17) is 9.84 Å². The molecule has 5 rings (SSSR count). The van der Waals surface area contributed by atoms with E-state index in [1.54, 1.807) is 0 Å². The van der Waals surface area contributed by atoms with E-state index in [0.717, 1.165) is 74.4 Å². The SMILES string of the molecule is CC(C)Nc1ncc2c(-c3ccnc(N4CCOCC4)c3)cc(C3CCC(O)CC3)n2n1. The fourth-order valence-electron chi connectivity index (χ4n) is 4.78. The third-order valence-electron chi connectivity index (χ3n) is 6.47. The van der Waals surface area contributed by atoms with Gasteiger partial charge < -0.3 is 20.1 Å². The molecule has 1 saturated heterocycles. The first-order valence-electron chi connectivity index (χ1n) is 11.7. The first kappa shape index (κ1) is 21.2. The molecule has 0 atom stereocenters. The van der Waals surface area contributed by atoms with Crippen molar-refractivity contribution in [1.29, 1.82) is 0 Å². The summed E-state index contributed by atoms with van der Waals surface area (Å²) >= 11 is 0. The number of hydrogen-bond donors (Lipinski definition) is 2. The van der Waals surface area contributed by atoms with Crippen molar-refractivity contribution in [3.8, 4) is 11.1 Å². The van der Waals surface area contributed by atoms with Crippen molar-refractivity contribution >= 4 is 17.3 Å². The molecule has 0 spiro atoms. The lowest BCUT2D eigenvalue weighted by molar-refractivity contribution is 0.121. The van der Waals surface area contributed by atoms with E-state index in [2.05, 4.69) is 56.7 Å². The normalized spacial score (nSPS) is 21.9. The lowest BCUT2D eigenvalue weighted by Gasteiger charge is -2.28. The molecule has 0 unspecified atom stereocenters. The minimum Gasteiger partial charge on any atom is -0.393 e. The number of ether oxygens (including phenoxy) is 1. The molecule has 1 aliphatic heterocycles. The number of aliphatic hydroxyl groups excluding tert-OH is 1. The van der Waals surface area contributed by atoms with Gasteiger partial charge in [0.05, 0.1) is 31.0 Å². The van der Waals surface area contributed by atoms with E-state index in [-0.39, 0.29) is 12.1 Å². The Bertz CT molecular complexity index is 1070. The maximum atomic E-state index is 10.0. The van der Waals surface area contributed by atoms with Crippen LogP contribution in [0.5, 0.6) is 0 Å². The summed E-state index contributed by atoms with van der Waals surface area (Å²) in [5.74, 6) is 1.99. The number of morpholine rings is 1. The largest absolute Gasteiger partial charge is 0.393 e. The number of rotatable bonds is 5. The predicted molar refractivity (Wildman–Crippen MR) is 125 cm³/mol. The topological polar surface area (TPSA) is 87.8 Å². The zero-order valence-corrected chi connectivity index (χ0v) is 18.9. The summed E-state index contributed by atoms with van der Waals surface area (Å²) in [5, 5.41) is 18.2. The van der Waals surface area contributed by atoms with Crippen LogP contribution >= 0.6 is 0 Å². The average molecular weight is 437 g/mol. The monoisotopic (exact) mass is 436 g/mol. The van der Waals surface area contributed by atoms with Crippen molar-refractivity contribution in [3.63, 3.8) is 0 Å². The summed E-state index contributed by atoms with van der Waals surface area (Å²) < 4.78 is 7.56. The Hall–Kier alpha value is -2.71. The van der Waals surface area contributed by atoms with E-state index in [9.17, 15) is 5.11 Å². The van der Waals surface area contributed by atoms with Gasteiger partial charge >= 0.3 is 0 Å². The molecule has 8 nitrogen and oxygen atoms in total. The van der Waals surface area contributed by atoms with Crippen molar-refractivity contribution in [2.45, 2.75) is 57.6 Å². The van der Waals surface area contributed by atoms with Crippen LogP contribution in [0.15, 0.2) is 30.6 Å². The van der Waals surface area contributed by atoms with Gasteiger partial charge in [0, 0.05) is 42.5 Å². The van der Waals surface area contributed by atoms with Crippen LogP contribution in [-0.2, 0) is 4.74 Å². The second kappa shape index (κ2) is 9.03. The Morgan fingerprint density at radius 2 is 1.88 bits per heavy atom. The van der Waals surface area contributed by atoms with Crippen LogP contribution < -0.4 is 10.2 Å². The summed E-state index contributed by atoms with van der Waals surface area (Å²) in [6.45, 7) is 7.35. The molecule has 4 heterocycles. The molecular weight excluding hydrogens is 404 g/mol. The summed E-state index contributed by atoms with van der Waals surface area (Å²) in [6, 6.07) is 6.75. The molecule has 2 aliphatic rings. The van der Waals surface area contributed by atoms with Gasteiger partial charge in [-0.15, -0.1) is 5.10 Å². The minimum absolute atomic E-state index is 0.180. The molecule has 2 fully saturated rings. The molecule has 0 bridgehead atoms. The summed E-state index contributed by atoms with van der Waals surface area (Å²) in [6.07, 6.45) is 7.25. The number of aromatic nitrogens is 4. The fourth-order valence-corrected chi connectivity index (χ4v) is 4.78. The molecular formula is C24H32N6O2. The first-order chi connectivity index (χ1) is 15.6. The lowest BCUT2D eigenvalue weighted by Crippen LogP contribution is -2.36. The van der Waals surface area contributed by atoms with Crippen molar-refractivity contribution in [1.82, 2.24) is 19.6 Å². The highest BCUT2D eigenvalue weighted by molar-refractivity contribution is 5.82. The molecule has 170 valence electrons. The molecule has 32 heavy (non-hydrogen) atoms. The lowest BCUT2D eigenvalue weighted by atomic mass is 9.85. The molecule has 0 aromatic carbocycles. The van der Waals surface area contributed by atoms with Crippen molar-refractivity contribution in [3.05, 3.63) is 36.3 Å². The average Bonchev–Trinajstić information content (AvgIpc) is 3.19. The van der Waals surface area contributed by atoms with Crippen LogP contribution in [0.25, 0.3) is 16.6 Å². The Morgan fingerprint density at radius 3 is 2.62 bits per heavy atom. The van der Waals surface area contributed by atoms with Gasteiger partial charge in [0.15, 0.2) is 0 Å². The van der Waals surface area contributed by atoms with Gasteiger partial charge in [-0.05, 0) is 63.3 Å². The highest BCUT2D eigenvalue weighted by Gasteiger charge is 2.26. The molecule has 2 N–H and O–H groups in total. The number of pyridine rings is 1. The van der Waals surface area contributed by atoms with Crippen LogP contribution in [0.4, 0.5) is 11.8 Å². The molecule has 1 saturated carbocycles. The van der Waals surface area contributed by atoms with E-state index < -0.39 is 0 Å². The third kappa shape index (κ3) is 4.29. The number of fused-ring (bicyclic) bond motifs is 1. The maximum absolute atomic E-state index is 10.0. The number of aliphatic hydroxyl groups is 1. The number of hydrogen-bond acceptors (Lipinski definition) is 7. The van der Waals surface area contributed by atoms with Crippen LogP contribution in [0.2, 0.25) is 0 Å². The second-order valence-electron chi connectivity index (χ2n) is 9.17. The Balaban J connectivity index is 1.57. The minimum atomic E-state index is -0.180. The van der Waals surface area contributed by atoms with Gasteiger partial charge in [-0.1, -0.05) is 0 Å². The Kier molecular flexibility index (Phi) is 5.97. The van der Waals surface area contributed by atoms with Crippen molar-refractivity contribution in [2.75, 3.05) is 36.5 Å². The van der Waals surface area contributed by atoms with Crippen molar-refractivity contribution < 1.29 is 9.84 Å². The number of anilines is 2. The summed E-state index contributed by atoms with van der Waals surface area (Å²) in [7, 11) is 0. The standard InChI is InChI=1S/C24H32N6O2/c1-16(2)27-24-26-15-22-20(14-21(30(22)28-24)17-3-5-19(31)6-4-17)18-7-8-25-23(13-18)29-9-11-32-12-10-29/h7-8,13-17,19,31H,3-6,9-12H2,1-2H3,(H,27,28). The molecule has 1 aliphatic carbocycles. The van der Waals surface area contributed by atoms with Crippen LogP contribution in [0.1, 0.15) is 51.1 Å². The third-order valence-corrected chi connectivity index (χ3v) is 6.47. The van der Waals surface area contributed by atoms with Gasteiger partial charge in [-0.2, -0.15) is 0 Å². The van der Waals surface area contributed by atoms with Crippen LogP contribution in [0, 0.1) is 0 Å². The summed E-state index contributed by atoms with van der Waals surface area (Å²) in [4.78, 5) is 11.5. The highest BCUT2D eigenvalue weighted by Crippen LogP contribution is 2.38. The molecule has 8 heteroatoms. The van der Waals surface area contributed by atoms with Gasteiger partial charge in [0.1, 0.15) is 5.82 Å². The molecule has 0 amide bonds. The Morgan fingerprint density at radius 1 is 1.09 bits per heavy atom. The van der Waals surface area contributed by atoms with E-state index in [1.807, 2.05) is 12.4 Å². The maximum Gasteiger partial charge on any atom is 0.241 e. The van der Waals surface area contributed by atoms with Gasteiger partial charge in [0.2, 0.25) is 5.95 Å². The van der Waals surface area contributed by atoms with Crippen molar-refractivity contribution in [2.24, 2.45) is 0 Å². The fraction of sp³-hybridized carbons (Fsp3) is 0.542.